The second kappa shape index (κ2) is 8.09. The smallest absolute Gasteiger partial charge is 0.374 e. The van der Waals surface area contributed by atoms with Gasteiger partial charge in [-0.1, -0.05) is 6.07 Å². The molecule has 2 heterocycles. The summed E-state index contributed by atoms with van der Waals surface area (Å²) in [6.45, 7) is -0.514. The van der Waals surface area contributed by atoms with E-state index in [-0.39, 0.29) is 11.4 Å². The molecule has 10 nitrogen and oxygen atoms in total. The number of rotatable bonds is 6. The number of hydrogen-bond acceptors (Lipinski definition) is 9. The minimum Gasteiger partial charge on any atom is -0.450 e. The monoisotopic (exact) mass is 424 g/mol. The summed E-state index contributed by atoms with van der Waals surface area (Å²) in [5.74, 6) is -1.11. The Morgan fingerprint density at radius 2 is 1.90 bits per heavy atom. The molecule has 0 unspecified atom stereocenters. The van der Waals surface area contributed by atoms with Crippen molar-refractivity contribution in [3.63, 3.8) is 0 Å². The number of furan rings is 1. The third-order valence-electron chi connectivity index (χ3n) is 4.06. The van der Waals surface area contributed by atoms with E-state index in [2.05, 4.69) is 14.1 Å². The van der Waals surface area contributed by atoms with Crippen LogP contribution in [-0.4, -0.2) is 32.2 Å². The third kappa shape index (κ3) is 4.00. The van der Waals surface area contributed by atoms with Crippen molar-refractivity contribution in [1.82, 2.24) is 8.75 Å². The predicted octanol–water partition coefficient (Wildman–Crippen LogP) is 3.66. The van der Waals surface area contributed by atoms with Gasteiger partial charge in [-0.3, -0.25) is 14.9 Å². The number of carbonyl (C=O) groups excluding carboxylic acids is 2. The maximum atomic E-state index is 12.2. The van der Waals surface area contributed by atoms with Crippen LogP contribution in [0.15, 0.2) is 59.0 Å². The lowest BCUT2D eigenvalue weighted by Crippen LogP contribution is -2.20. The van der Waals surface area contributed by atoms with Crippen molar-refractivity contribution in [2.75, 3.05) is 11.9 Å². The molecule has 0 aliphatic heterocycles. The van der Waals surface area contributed by atoms with Gasteiger partial charge in [-0.15, -0.1) is 0 Å². The van der Waals surface area contributed by atoms with Crippen molar-refractivity contribution < 1.29 is 23.7 Å². The Morgan fingerprint density at radius 3 is 2.67 bits per heavy atom. The average molecular weight is 424 g/mol. The fourth-order valence-electron chi connectivity index (χ4n) is 2.65. The van der Waals surface area contributed by atoms with E-state index < -0.39 is 23.4 Å². The summed E-state index contributed by atoms with van der Waals surface area (Å²) in [7, 11) is 0. The van der Waals surface area contributed by atoms with E-state index in [0.29, 0.717) is 28.0 Å². The molecule has 0 bridgehead atoms. The van der Waals surface area contributed by atoms with Gasteiger partial charge in [0.05, 0.1) is 22.3 Å². The van der Waals surface area contributed by atoms with Crippen LogP contribution in [0.3, 0.4) is 0 Å². The number of benzene rings is 2. The van der Waals surface area contributed by atoms with Gasteiger partial charge in [-0.25, -0.2) is 4.79 Å². The number of esters is 1. The van der Waals surface area contributed by atoms with E-state index in [0.717, 1.165) is 11.7 Å². The van der Waals surface area contributed by atoms with Crippen molar-refractivity contribution in [3.8, 4) is 11.3 Å². The summed E-state index contributed by atoms with van der Waals surface area (Å²) in [5, 5.41) is 13.3. The van der Waals surface area contributed by atoms with Gasteiger partial charge < -0.3 is 14.5 Å². The first kappa shape index (κ1) is 19.2. The molecule has 1 amide bonds. The number of hydrogen-bond donors (Lipinski definition) is 1. The van der Waals surface area contributed by atoms with E-state index in [9.17, 15) is 19.7 Å². The maximum absolute atomic E-state index is 12.2. The van der Waals surface area contributed by atoms with Crippen LogP contribution in [0.25, 0.3) is 22.4 Å². The molecule has 11 heteroatoms. The normalized spacial score (nSPS) is 10.7. The number of nitro benzene ring substituents is 1. The summed E-state index contributed by atoms with van der Waals surface area (Å²) >= 11 is 1.03. The predicted molar refractivity (Wildman–Crippen MR) is 107 cm³/mol. The molecule has 0 aliphatic carbocycles. The molecule has 0 aliphatic rings. The molecule has 0 spiro atoms. The number of nitrogens with zero attached hydrogens (tertiary/aromatic N) is 3. The number of aromatic nitrogens is 2. The van der Waals surface area contributed by atoms with Gasteiger partial charge >= 0.3 is 5.97 Å². The summed E-state index contributed by atoms with van der Waals surface area (Å²) in [6.07, 6.45) is 0. The van der Waals surface area contributed by atoms with Crippen LogP contribution in [0.2, 0.25) is 0 Å². The zero-order valence-corrected chi connectivity index (χ0v) is 15.9. The average Bonchev–Trinajstić information content (AvgIpc) is 3.42. The van der Waals surface area contributed by atoms with Gasteiger partial charge in [0.15, 0.2) is 6.61 Å². The number of anilines is 1. The summed E-state index contributed by atoms with van der Waals surface area (Å²) in [4.78, 5) is 34.5. The van der Waals surface area contributed by atoms with Crippen molar-refractivity contribution in [2.45, 2.75) is 0 Å². The number of carbonyl (C=O) groups is 2. The fourth-order valence-corrected chi connectivity index (χ4v) is 3.20. The van der Waals surface area contributed by atoms with Crippen molar-refractivity contribution in [3.05, 3.63) is 70.5 Å². The summed E-state index contributed by atoms with van der Waals surface area (Å²) in [6, 6.07) is 13.8. The number of fused-ring (bicyclic) bond motifs is 1. The van der Waals surface area contributed by atoms with Crippen molar-refractivity contribution in [1.29, 1.82) is 0 Å². The maximum Gasteiger partial charge on any atom is 0.374 e. The molecule has 150 valence electrons. The van der Waals surface area contributed by atoms with Gasteiger partial charge in [-0.2, -0.15) is 8.75 Å². The van der Waals surface area contributed by atoms with Crippen LogP contribution in [0.4, 0.5) is 11.4 Å². The number of nitro groups is 1. The molecule has 0 saturated heterocycles. The van der Waals surface area contributed by atoms with Gasteiger partial charge in [0, 0.05) is 17.7 Å². The Labute approximate surface area is 172 Å². The molecule has 4 rings (SSSR count). The highest BCUT2D eigenvalue weighted by Crippen LogP contribution is 2.25. The van der Waals surface area contributed by atoms with Gasteiger partial charge in [0.1, 0.15) is 16.8 Å². The first-order valence-corrected chi connectivity index (χ1v) is 9.27. The van der Waals surface area contributed by atoms with Crippen molar-refractivity contribution >= 4 is 46.0 Å². The highest BCUT2D eigenvalue weighted by atomic mass is 32.1. The van der Waals surface area contributed by atoms with Crippen LogP contribution in [0.1, 0.15) is 10.6 Å². The number of non-ortho nitro benzene ring substituents is 1. The van der Waals surface area contributed by atoms with Crippen LogP contribution in [0, 0.1) is 10.1 Å². The van der Waals surface area contributed by atoms with Crippen molar-refractivity contribution in [2.24, 2.45) is 0 Å². The standard InChI is InChI=1S/C19H12N4O6S/c24-17(20-13-2-1-3-14-18(13)22-30-21-14)10-28-19(25)16-9-8-15(29-16)11-4-6-12(7-5-11)23(26)27/h1-9H,10H2,(H,20,24). The van der Waals surface area contributed by atoms with Gasteiger partial charge in [-0.05, 0) is 36.4 Å². The van der Waals surface area contributed by atoms with Crippen LogP contribution in [0.5, 0.6) is 0 Å². The largest absolute Gasteiger partial charge is 0.450 e. The Morgan fingerprint density at radius 1 is 1.10 bits per heavy atom. The van der Waals surface area contributed by atoms with Gasteiger partial charge in [0.25, 0.3) is 11.6 Å². The van der Waals surface area contributed by atoms with Crippen LogP contribution in [-0.2, 0) is 9.53 Å². The topological polar surface area (TPSA) is 137 Å². The van der Waals surface area contributed by atoms with E-state index in [1.165, 1.54) is 36.4 Å². The lowest BCUT2D eigenvalue weighted by Gasteiger charge is -2.06. The Hall–Kier alpha value is -4.12. The summed E-state index contributed by atoms with van der Waals surface area (Å²) < 4.78 is 18.6. The highest BCUT2D eigenvalue weighted by molar-refractivity contribution is 7.00. The first-order chi connectivity index (χ1) is 14.5. The Balaban J connectivity index is 1.37. The van der Waals surface area contributed by atoms with E-state index in [4.69, 9.17) is 9.15 Å². The molecule has 30 heavy (non-hydrogen) atoms. The molecular weight excluding hydrogens is 412 g/mol. The molecule has 0 saturated carbocycles. The van der Waals surface area contributed by atoms with E-state index in [1.54, 1.807) is 18.2 Å². The number of ether oxygens (including phenoxy) is 1. The molecule has 0 fully saturated rings. The Kier molecular flexibility index (Phi) is 5.18. The lowest BCUT2D eigenvalue weighted by molar-refractivity contribution is -0.384. The second-order valence-corrected chi connectivity index (χ2v) is 6.56. The van der Waals surface area contributed by atoms with E-state index in [1.807, 2.05) is 0 Å². The van der Waals surface area contributed by atoms with Crippen LogP contribution >= 0.6 is 11.7 Å². The molecule has 0 radical (unpaired) electrons. The second-order valence-electron chi connectivity index (χ2n) is 6.03. The molecular formula is C19H12N4O6S. The first-order valence-electron chi connectivity index (χ1n) is 8.54. The molecule has 2 aromatic carbocycles. The van der Waals surface area contributed by atoms with E-state index >= 15 is 0 Å². The quantitative estimate of drug-likeness (QED) is 0.281. The lowest BCUT2D eigenvalue weighted by atomic mass is 10.1. The fraction of sp³-hybridized carbons (Fsp3) is 0.0526. The summed E-state index contributed by atoms with van der Waals surface area (Å²) in [5.41, 5.74) is 2.19. The highest BCUT2D eigenvalue weighted by Gasteiger charge is 2.17. The zero-order chi connectivity index (χ0) is 21.1. The third-order valence-corrected chi connectivity index (χ3v) is 4.61. The molecule has 2 aromatic heterocycles. The molecule has 1 N–H and O–H groups in total. The van der Waals surface area contributed by atoms with Crippen LogP contribution < -0.4 is 5.32 Å². The molecule has 4 aromatic rings. The van der Waals surface area contributed by atoms with Gasteiger partial charge in [0.2, 0.25) is 5.76 Å². The number of amides is 1. The Bertz CT molecular complexity index is 1250. The SMILES string of the molecule is O=C(COC(=O)c1ccc(-c2ccc([N+](=O)[O-])cc2)o1)Nc1cccc2nsnc12. The minimum atomic E-state index is -0.813. The minimum absolute atomic E-state index is 0.0555. The zero-order valence-electron chi connectivity index (χ0n) is 15.1. The number of nitrogens with one attached hydrogen (secondary N) is 1. The molecule has 0 atom stereocenters.